The Morgan fingerprint density at radius 2 is 1.78 bits per heavy atom. The van der Waals surface area contributed by atoms with E-state index in [1.165, 1.54) is 59.7 Å². The monoisotopic (exact) mass is 479 g/mol. The van der Waals surface area contributed by atoms with Crippen molar-refractivity contribution in [2.75, 3.05) is 6.54 Å². The first-order valence-corrected chi connectivity index (χ1v) is 13.5. The Kier molecular flexibility index (Phi) is 7.80. The number of hydrogen-bond donors (Lipinski definition) is 1. The Bertz CT molecular complexity index is 1270. The molecule has 0 saturated heterocycles. The van der Waals surface area contributed by atoms with Crippen molar-refractivity contribution in [3.63, 3.8) is 0 Å². The summed E-state index contributed by atoms with van der Waals surface area (Å²) in [6.45, 7) is 3.60. The standard InChI is InChI=1S/C32H37N3O/c1-24-14-16-25(17-15-24)22-35-23-30(28-12-5-6-13-31(28)35)29(26-9-3-2-4-10-26)21-32(36)34-20-18-27-11-7-8-19-33-27/h5-8,11-17,19,23,26,29H,2-4,9-10,18,20-22H2,1H3,(H,34,36)/t29-/m0/s1. The van der Waals surface area contributed by atoms with E-state index in [0.717, 1.165) is 18.7 Å². The number of aryl methyl sites for hydroxylation is 1. The van der Waals surface area contributed by atoms with E-state index in [2.05, 4.69) is 76.5 Å². The number of aromatic nitrogens is 2. The minimum absolute atomic E-state index is 0.150. The first kappa shape index (κ1) is 24.3. The summed E-state index contributed by atoms with van der Waals surface area (Å²) in [6.07, 6.45) is 11.7. The summed E-state index contributed by atoms with van der Waals surface area (Å²) in [5.41, 5.74) is 6.19. The third-order valence-electron chi connectivity index (χ3n) is 7.75. The molecule has 1 aliphatic rings. The van der Waals surface area contributed by atoms with Gasteiger partial charge in [-0.15, -0.1) is 0 Å². The molecule has 4 nitrogen and oxygen atoms in total. The van der Waals surface area contributed by atoms with Crippen molar-refractivity contribution in [1.82, 2.24) is 14.9 Å². The van der Waals surface area contributed by atoms with Crippen LogP contribution in [0.25, 0.3) is 10.9 Å². The molecule has 1 saturated carbocycles. The quantitative estimate of drug-likeness (QED) is 0.287. The number of nitrogens with one attached hydrogen (secondary N) is 1. The maximum atomic E-state index is 13.2. The van der Waals surface area contributed by atoms with Crippen LogP contribution in [0, 0.1) is 12.8 Å². The lowest BCUT2D eigenvalue weighted by molar-refractivity contribution is -0.121. The van der Waals surface area contributed by atoms with E-state index in [9.17, 15) is 4.79 Å². The van der Waals surface area contributed by atoms with Crippen LogP contribution < -0.4 is 5.32 Å². The van der Waals surface area contributed by atoms with E-state index in [-0.39, 0.29) is 11.8 Å². The summed E-state index contributed by atoms with van der Waals surface area (Å²) in [5.74, 6) is 0.945. The van der Waals surface area contributed by atoms with Gasteiger partial charge in [-0.1, -0.05) is 73.4 Å². The highest BCUT2D eigenvalue weighted by molar-refractivity contribution is 5.86. The molecule has 186 valence electrons. The Balaban J connectivity index is 1.38. The lowest BCUT2D eigenvalue weighted by Gasteiger charge is -2.30. The number of amides is 1. The van der Waals surface area contributed by atoms with Crippen molar-refractivity contribution < 1.29 is 4.79 Å². The number of nitrogens with zero attached hydrogens (tertiary/aromatic N) is 2. The lowest BCUT2D eigenvalue weighted by atomic mass is 9.75. The highest BCUT2D eigenvalue weighted by Crippen LogP contribution is 2.41. The van der Waals surface area contributed by atoms with Crippen molar-refractivity contribution in [2.45, 2.75) is 64.3 Å². The van der Waals surface area contributed by atoms with Crippen LogP contribution in [0.5, 0.6) is 0 Å². The molecule has 2 heterocycles. The number of benzene rings is 2. The fourth-order valence-electron chi connectivity index (χ4n) is 5.81. The predicted molar refractivity (Wildman–Crippen MR) is 147 cm³/mol. The zero-order valence-corrected chi connectivity index (χ0v) is 21.3. The summed E-state index contributed by atoms with van der Waals surface area (Å²) in [7, 11) is 0. The second kappa shape index (κ2) is 11.6. The smallest absolute Gasteiger partial charge is 0.220 e. The normalized spacial score (nSPS) is 15.1. The Labute approximate surface area is 214 Å². The number of fused-ring (bicyclic) bond motifs is 1. The summed E-state index contributed by atoms with van der Waals surface area (Å²) >= 11 is 0. The molecule has 1 aliphatic carbocycles. The van der Waals surface area contributed by atoms with Gasteiger partial charge in [0, 0.05) is 54.9 Å². The molecule has 0 radical (unpaired) electrons. The molecule has 5 rings (SSSR count). The van der Waals surface area contributed by atoms with Gasteiger partial charge in [-0.2, -0.15) is 0 Å². The Morgan fingerprint density at radius 1 is 1.00 bits per heavy atom. The van der Waals surface area contributed by atoms with Crippen LogP contribution in [0.1, 0.15) is 66.8 Å². The number of pyridine rings is 1. The fourth-order valence-corrected chi connectivity index (χ4v) is 5.81. The van der Waals surface area contributed by atoms with Crippen molar-refractivity contribution in [1.29, 1.82) is 0 Å². The number of carbonyl (C=O) groups excluding carboxylic acids is 1. The van der Waals surface area contributed by atoms with Crippen LogP contribution in [0.3, 0.4) is 0 Å². The highest BCUT2D eigenvalue weighted by Gasteiger charge is 2.29. The first-order valence-electron chi connectivity index (χ1n) is 13.5. The van der Waals surface area contributed by atoms with E-state index >= 15 is 0 Å². The van der Waals surface area contributed by atoms with Crippen LogP contribution in [0.15, 0.2) is 79.1 Å². The van der Waals surface area contributed by atoms with Crippen LogP contribution in [-0.2, 0) is 17.8 Å². The van der Waals surface area contributed by atoms with Crippen LogP contribution >= 0.6 is 0 Å². The Morgan fingerprint density at radius 3 is 2.56 bits per heavy atom. The van der Waals surface area contributed by atoms with Gasteiger partial charge >= 0.3 is 0 Å². The minimum Gasteiger partial charge on any atom is -0.356 e. The topological polar surface area (TPSA) is 46.9 Å². The molecule has 4 aromatic rings. The van der Waals surface area contributed by atoms with Gasteiger partial charge in [0.1, 0.15) is 0 Å². The van der Waals surface area contributed by atoms with Gasteiger partial charge in [-0.3, -0.25) is 9.78 Å². The molecule has 4 heteroatoms. The van der Waals surface area contributed by atoms with Gasteiger partial charge in [-0.05, 0) is 60.9 Å². The molecule has 0 spiro atoms. The van der Waals surface area contributed by atoms with Crippen LogP contribution in [0.4, 0.5) is 0 Å². The number of rotatable bonds is 9. The summed E-state index contributed by atoms with van der Waals surface area (Å²) in [6, 6.07) is 23.5. The molecule has 2 aromatic carbocycles. The van der Waals surface area contributed by atoms with Crippen LogP contribution in [-0.4, -0.2) is 22.0 Å². The van der Waals surface area contributed by atoms with E-state index in [0.29, 0.717) is 18.9 Å². The van der Waals surface area contributed by atoms with E-state index in [1.54, 1.807) is 0 Å². The minimum atomic E-state index is 0.150. The molecular formula is C32H37N3O. The fraction of sp³-hybridized carbons (Fsp3) is 0.375. The molecule has 1 N–H and O–H groups in total. The highest BCUT2D eigenvalue weighted by atomic mass is 16.1. The molecule has 2 aromatic heterocycles. The first-order chi connectivity index (χ1) is 17.7. The molecule has 1 amide bonds. The van der Waals surface area contributed by atoms with Crippen molar-refractivity contribution >= 4 is 16.8 Å². The van der Waals surface area contributed by atoms with Crippen molar-refractivity contribution in [3.8, 4) is 0 Å². The molecule has 1 fully saturated rings. The van der Waals surface area contributed by atoms with Gasteiger partial charge in [0.15, 0.2) is 0 Å². The van der Waals surface area contributed by atoms with Crippen molar-refractivity contribution in [2.24, 2.45) is 5.92 Å². The molecular weight excluding hydrogens is 442 g/mol. The zero-order chi connectivity index (χ0) is 24.7. The maximum Gasteiger partial charge on any atom is 0.220 e. The van der Waals surface area contributed by atoms with E-state index in [1.807, 2.05) is 24.4 Å². The molecule has 1 atom stereocenters. The van der Waals surface area contributed by atoms with E-state index in [4.69, 9.17) is 0 Å². The van der Waals surface area contributed by atoms with Gasteiger partial charge in [-0.25, -0.2) is 0 Å². The summed E-state index contributed by atoms with van der Waals surface area (Å²) < 4.78 is 2.38. The molecule has 0 bridgehead atoms. The van der Waals surface area contributed by atoms with Gasteiger partial charge in [0.05, 0.1) is 0 Å². The average molecular weight is 480 g/mol. The van der Waals surface area contributed by atoms with E-state index < -0.39 is 0 Å². The van der Waals surface area contributed by atoms with Gasteiger partial charge < -0.3 is 9.88 Å². The summed E-state index contributed by atoms with van der Waals surface area (Å²) in [4.78, 5) is 17.6. The number of hydrogen-bond acceptors (Lipinski definition) is 2. The zero-order valence-electron chi connectivity index (χ0n) is 21.3. The van der Waals surface area contributed by atoms with Gasteiger partial charge in [0.25, 0.3) is 0 Å². The second-order valence-corrected chi connectivity index (χ2v) is 10.3. The molecule has 0 unspecified atom stereocenters. The lowest BCUT2D eigenvalue weighted by Crippen LogP contribution is -2.29. The predicted octanol–water partition coefficient (Wildman–Crippen LogP) is 6.81. The summed E-state index contributed by atoms with van der Waals surface area (Å²) in [5, 5.41) is 4.48. The van der Waals surface area contributed by atoms with Crippen LogP contribution in [0.2, 0.25) is 0 Å². The third kappa shape index (κ3) is 5.87. The second-order valence-electron chi connectivity index (χ2n) is 10.3. The Hall–Kier alpha value is -3.40. The third-order valence-corrected chi connectivity index (χ3v) is 7.75. The SMILES string of the molecule is Cc1ccc(Cn2cc([C@@H](CC(=O)NCCc3ccccn3)C3CCCCC3)c3ccccc32)cc1. The molecule has 36 heavy (non-hydrogen) atoms. The van der Waals surface area contributed by atoms with Gasteiger partial charge in [0.2, 0.25) is 5.91 Å². The number of carbonyl (C=O) groups is 1. The largest absolute Gasteiger partial charge is 0.356 e. The number of para-hydroxylation sites is 1. The average Bonchev–Trinajstić information content (AvgIpc) is 3.28. The maximum absolute atomic E-state index is 13.2. The molecule has 0 aliphatic heterocycles. The van der Waals surface area contributed by atoms with Crippen molar-refractivity contribution in [3.05, 3.63) is 102 Å².